The van der Waals surface area contributed by atoms with Gasteiger partial charge in [-0.15, -0.1) is 0 Å². The van der Waals surface area contributed by atoms with Crippen LogP contribution in [0.4, 0.5) is 0 Å². The fourth-order valence-electron chi connectivity index (χ4n) is 6.69. The number of aliphatic hydroxyl groups excluding tert-OH is 1. The van der Waals surface area contributed by atoms with Crippen LogP contribution in [0.25, 0.3) is 0 Å². The van der Waals surface area contributed by atoms with Crippen LogP contribution >= 0.6 is 0 Å². The minimum atomic E-state index is -0.105. The Labute approximate surface area is 140 Å². The molecule has 23 heavy (non-hydrogen) atoms. The molecule has 0 saturated heterocycles. The van der Waals surface area contributed by atoms with Crippen molar-refractivity contribution in [1.29, 1.82) is 0 Å². The Balaban J connectivity index is 1.66. The second-order valence-electron chi connectivity index (χ2n) is 8.87. The number of nitrogens with zero attached hydrogens (tertiary/aromatic N) is 1. The first kappa shape index (κ1) is 15.7. The molecule has 3 unspecified atom stereocenters. The standard InChI is InChI=1S/C20H31NO2/c1-19-10-8-14(22)12-13(19)4-5-15-16-6-7-18(21-23-3)20(16,2)11-9-17(15)19/h4,14-17,22H,5-12H2,1-3H3/t14-,15?,16?,17?,19-,20-/m0/s1. The van der Waals surface area contributed by atoms with E-state index in [0.29, 0.717) is 5.41 Å². The number of fused-ring (bicyclic) bond motifs is 5. The summed E-state index contributed by atoms with van der Waals surface area (Å²) in [5.41, 5.74) is 3.46. The van der Waals surface area contributed by atoms with Gasteiger partial charge in [-0.25, -0.2) is 0 Å². The van der Waals surface area contributed by atoms with Gasteiger partial charge < -0.3 is 9.94 Å². The highest BCUT2D eigenvalue weighted by Gasteiger charge is 2.57. The summed E-state index contributed by atoms with van der Waals surface area (Å²) in [7, 11) is 1.68. The average molecular weight is 317 g/mol. The second-order valence-corrected chi connectivity index (χ2v) is 8.87. The van der Waals surface area contributed by atoms with E-state index in [-0.39, 0.29) is 11.5 Å². The van der Waals surface area contributed by atoms with Gasteiger partial charge in [-0.05, 0) is 74.5 Å². The van der Waals surface area contributed by atoms with Gasteiger partial charge in [0.2, 0.25) is 0 Å². The first-order valence-electron chi connectivity index (χ1n) is 9.47. The van der Waals surface area contributed by atoms with Crippen LogP contribution in [-0.2, 0) is 4.84 Å². The fourth-order valence-corrected chi connectivity index (χ4v) is 6.69. The van der Waals surface area contributed by atoms with Gasteiger partial charge in [0, 0.05) is 5.41 Å². The van der Waals surface area contributed by atoms with Gasteiger partial charge in [0.1, 0.15) is 7.11 Å². The van der Waals surface area contributed by atoms with Gasteiger partial charge in [0.25, 0.3) is 0 Å². The largest absolute Gasteiger partial charge is 0.399 e. The minimum absolute atomic E-state index is 0.105. The molecule has 0 radical (unpaired) electrons. The highest BCUT2D eigenvalue weighted by Crippen LogP contribution is 2.64. The molecule has 0 aliphatic heterocycles. The van der Waals surface area contributed by atoms with Gasteiger partial charge >= 0.3 is 0 Å². The fraction of sp³-hybridized carbons (Fsp3) is 0.850. The zero-order valence-corrected chi connectivity index (χ0v) is 14.8. The molecule has 0 aromatic heterocycles. The van der Waals surface area contributed by atoms with Gasteiger partial charge in [-0.1, -0.05) is 30.7 Å². The number of allylic oxidation sites excluding steroid dienone is 1. The molecular weight excluding hydrogens is 286 g/mol. The van der Waals surface area contributed by atoms with Gasteiger partial charge in [-0.2, -0.15) is 0 Å². The normalized spacial score (nSPS) is 50.8. The van der Waals surface area contributed by atoms with E-state index in [2.05, 4.69) is 25.1 Å². The van der Waals surface area contributed by atoms with Crippen molar-refractivity contribution >= 4 is 5.71 Å². The van der Waals surface area contributed by atoms with Gasteiger partial charge in [-0.3, -0.25) is 0 Å². The van der Waals surface area contributed by atoms with Crippen LogP contribution in [0.2, 0.25) is 0 Å². The summed E-state index contributed by atoms with van der Waals surface area (Å²) in [4.78, 5) is 5.14. The lowest BCUT2D eigenvalue weighted by molar-refractivity contribution is -0.0215. The maximum Gasteiger partial charge on any atom is 0.106 e. The summed E-state index contributed by atoms with van der Waals surface area (Å²) in [5, 5.41) is 14.5. The van der Waals surface area contributed by atoms with Crippen LogP contribution in [0, 0.1) is 28.6 Å². The Morgan fingerprint density at radius 2 is 1.87 bits per heavy atom. The molecule has 0 aromatic rings. The molecule has 4 aliphatic carbocycles. The van der Waals surface area contributed by atoms with Crippen molar-refractivity contribution in [3.8, 4) is 0 Å². The predicted molar refractivity (Wildman–Crippen MR) is 92.2 cm³/mol. The molecule has 4 rings (SSSR count). The second kappa shape index (κ2) is 5.34. The Kier molecular flexibility index (Phi) is 3.64. The van der Waals surface area contributed by atoms with Crippen LogP contribution in [0.15, 0.2) is 16.8 Å². The van der Waals surface area contributed by atoms with Crippen LogP contribution in [0.1, 0.15) is 65.2 Å². The summed E-state index contributed by atoms with van der Waals surface area (Å²) < 4.78 is 0. The maximum atomic E-state index is 10.1. The van der Waals surface area contributed by atoms with E-state index in [0.717, 1.165) is 37.0 Å². The van der Waals surface area contributed by atoms with E-state index >= 15 is 0 Å². The average Bonchev–Trinajstić information content (AvgIpc) is 2.85. The Morgan fingerprint density at radius 3 is 2.65 bits per heavy atom. The third kappa shape index (κ3) is 2.15. The first-order valence-corrected chi connectivity index (χ1v) is 9.47. The third-order valence-electron chi connectivity index (χ3n) is 8.02. The lowest BCUT2D eigenvalue weighted by Crippen LogP contribution is -2.50. The molecule has 0 aromatic carbocycles. The summed E-state index contributed by atoms with van der Waals surface area (Å²) in [6.07, 6.45) is 11.6. The Morgan fingerprint density at radius 1 is 1.13 bits per heavy atom. The predicted octanol–water partition coefficient (Wildman–Crippen LogP) is 4.31. The van der Waals surface area contributed by atoms with Crippen molar-refractivity contribution in [2.24, 2.45) is 33.7 Å². The van der Waals surface area contributed by atoms with Crippen molar-refractivity contribution in [2.75, 3.05) is 7.11 Å². The quantitative estimate of drug-likeness (QED) is 0.578. The highest BCUT2D eigenvalue weighted by atomic mass is 16.6. The molecule has 3 saturated carbocycles. The monoisotopic (exact) mass is 317 g/mol. The molecule has 4 aliphatic rings. The van der Waals surface area contributed by atoms with E-state index in [1.54, 1.807) is 12.7 Å². The lowest BCUT2D eigenvalue weighted by atomic mass is 9.48. The summed E-state index contributed by atoms with van der Waals surface area (Å²) >= 11 is 0. The van der Waals surface area contributed by atoms with Crippen LogP contribution in [0.3, 0.4) is 0 Å². The molecular formula is C20H31NO2. The summed E-state index contributed by atoms with van der Waals surface area (Å²) in [6, 6.07) is 0. The molecule has 0 heterocycles. The van der Waals surface area contributed by atoms with E-state index < -0.39 is 0 Å². The Hall–Kier alpha value is -0.830. The lowest BCUT2D eigenvalue weighted by Gasteiger charge is -2.57. The first-order chi connectivity index (χ1) is 11.0. The number of aliphatic hydroxyl groups is 1. The zero-order chi connectivity index (χ0) is 16.2. The molecule has 6 atom stereocenters. The van der Waals surface area contributed by atoms with E-state index in [4.69, 9.17) is 4.84 Å². The number of hydrogen-bond donors (Lipinski definition) is 1. The number of rotatable bonds is 1. The molecule has 0 spiro atoms. The topological polar surface area (TPSA) is 41.8 Å². The molecule has 0 bridgehead atoms. The Bertz CT molecular complexity index is 554. The van der Waals surface area contributed by atoms with Gasteiger partial charge in [0.05, 0.1) is 11.8 Å². The van der Waals surface area contributed by atoms with Crippen molar-refractivity contribution < 1.29 is 9.94 Å². The van der Waals surface area contributed by atoms with Crippen LogP contribution < -0.4 is 0 Å². The van der Waals surface area contributed by atoms with Crippen molar-refractivity contribution in [1.82, 2.24) is 0 Å². The minimum Gasteiger partial charge on any atom is -0.399 e. The maximum absolute atomic E-state index is 10.1. The molecule has 3 fully saturated rings. The smallest absolute Gasteiger partial charge is 0.106 e. The van der Waals surface area contributed by atoms with Crippen LogP contribution in [-0.4, -0.2) is 24.0 Å². The third-order valence-corrected chi connectivity index (χ3v) is 8.02. The van der Waals surface area contributed by atoms with Crippen molar-refractivity contribution in [2.45, 2.75) is 71.3 Å². The molecule has 0 amide bonds. The number of hydrogen-bond acceptors (Lipinski definition) is 3. The summed E-state index contributed by atoms with van der Waals surface area (Å²) in [6.45, 7) is 4.92. The van der Waals surface area contributed by atoms with E-state index in [1.165, 1.54) is 37.8 Å². The van der Waals surface area contributed by atoms with Crippen molar-refractivity contribution in [3.05, 3.63) is 11.6 Å². The molecule has 1 N–H and O–H groups in total. The number of oxime groups is 1. The molecule has 3 nitrogen and oxygen atoms in total. The highest BCUT2D eigenvalue weighted by molar-refractivity contribution is 5.92. The SMILES string of the molecule is CON=C1CCC2C3CC=C4C[C@@H](O)CC[C@]4(C)C3CC[C@]12C. The summed E-state index contributed by atoms with van der Waals surface area (Å²) in [5.74, 6) is 2.36. The van der Waals surface area contributed by atoms with E-state index in [9.17, 15) is 5.11 Å². The zero-order valence-electron chi connectivity index (χ0n) is 14.8. The van der Waals surface area contributed by atoms with Gasteiger partial charge in [0.15, 0.2) is 0 Å². The molecule has 3 heteroatoms. The van der Waals surface area contributed by atoms with Crippen LogP contribution in [0.5, 0.6) is 0 Å². The van der Waals surface area contributed by atoms with Crippen molar-refractivity contribution in [3.63, 3.8) is 0 Å². The molecule has 128 valence electrons. The van der Waals surface area contributed by atoms with E-state index in [1.807, 2.05) is 0 Å².